The van der Waals surface area contributed by atoms with Gasteiger partial charge in [0.15, 0.2) is 16.7 Å². The first-order valence-electron chi connectivity index (χ1n) is 11.3. The molecule has 3 heterocycles. The minimum atomic E-state index is -0.552. The van der Waals surface area contributed by atoms with Crippen LogP contribution in [0.4, 0.5) is 0 Å². The van der Waals surface area contributed by atoms with E-state index in [1.54, 1.807) is 14.0 Å². The normalized spacial score (nSPS) is 17.9. The van der Waals surface area contributed by atoms with E-state index >= 15 is 0 Å². The van der Waals surface area contributed by atoms with E-state index < -0.39 is 12.0 Å². The summed E-state index contributed by atoms with van der Waals surface area (Å²) in [4.78, 5) is 32.4. The number of benzene rings is 2. The van der Waals surface area contributed by atoms with E-state index in [0.29, 0.717) is 40.2 Å². The maximum Gasteiger partial charge on any atom is 0.338 e. The summed E-state index contributed by atoms with van der Waals surface area (Å²) >= 11 is 1.42. The molecule has 9 nitrogen and oxygen atoms in total. The molecule has 10 heteroatoms. The van der Waals surface area contributed by atoms with Crippen LogP contribution in [0.1, 0.15) is 30.5 Å². The number of fused-ring (bicyclic) bond motifs is 2. The molecule has 2 aromatic rings. The Morgan fingerprint density at radius 2 is 1.97 bits per heavy atom. The van der Waals surface area contributed by atoms with E-state index in [1.165, 1.54) is 18.9 Å². The van der Waals surface area contributed by atoms with Gasteiger partial charge in [0.25, 0.3) is 0 Å². The number of allylic oxidation sites excluding steroid dienone is 1. The van der Waals surface area contributed by atoms with Crippen LogP contribution in [0.15, 0.2) is 69.8 Å². The second-order valence-electron chi connectivity index (χ2n) is 8.27. The molecule has 2 aromatic carbocycles. The standard InChI is InChI=1S/C26H25N3O6S/c1-15-23(25(31)33-3)24(18-6-4-5-7-19(18)32-2)29-17(13-36-26(29)28-15)11-22(30)27-12-16-8-9-20-21(10-16)35-14-34-20/h4-10,13,24H,11-12,14H2,1-3H3,(H,27,30)/t24-/m0/s1. The van der Waals surface area contributed by atoms with Gasteiger partial charge in [-0.1, -0.05) is 36.0 Å². The second-order valence-corrected chi connectivity index (χ2v) is 9.10. The molecule has 0 radical (unpaired) electrons. The molecule has 1 N–H and O–H groups in total. The molecule has 5 rings (SSSR count). The highest BCUT2D eigenvalue weighted by atomic mass is 32.2. The van der Waals surface area contributed by atoms with Gasteiger partial charge in [0.1, 0.15) is 5.75 Å². The van der Waals surface area contributed by atoms with Crippen molar-refractivity contribution in [3.63, 3.8) is 0 Å². The highest BCUT2D eigenvalue weighted by Crippen LogP contribution is 2.46. The average molecular weight is 508 g/mol. The van der Waals surface area contributed by atoms with Gasteiger partial charge in [0, 0.05) is 17.8 Å². The summed E-state index contributed by atoms with van der Waals surface area (Å²) in [6, 6.07) is 12.5. The Bertz CT molecular complexity index is 1320. The molecule has 3 aliphatic rings. The van der Waals surface area contributed by atoms with E-state index in [9.17, 15) is 9.59 Å². The van der Waals surface area contributed by atoms with Crippen LogP contribution in [-0.4, -0.2) is 43.0 Å². The molecule has 0 saturated heterocycles. The van der Waals surface area contributed by atoms with Gasteiger partial charge in [-0.2, -0.15) is 0 Å². The van der Waals surface area contributed by atoms with E-state index in [2.05, 4.69) is 10.3 Å². The van der Waals surface area contributed by atoms with E-state index in [0.717, 1.165) is 16.8 Å². The zero-order valence-electron chi connectivity index (χ0n) is 20.1. The quantitative estimate of drug-likeness (QED) is 0.564. The molecule has 0 aliphatic carbocycles. The Labute approximate surface area is 212 Å². The predicted molar refractivity (Wildman–Crippen MR) is 134 cm³/mol. The Morgan fingerprint density at radius 3 is 2.78 bits per heavy atom. The van der Waals surface area contributed by atoms with Crippen LogP contribution in [0.25, 0.3) is 0 Å². The van der Waals surface area contributed by atoms with Gasteiger partial charge in [-0.25, -0.2) is 9.79 Å². The lowest BCUT2D eigenvalue weighted by molar-refractivity contribution is -0.136. The SMILES string of the molecule is COC(=O)C1=C(C)N=C2SC=C(CC(=O)NCc3ccc4c(c3)OCO4)N2[C@H]1c1ccccc1OC. The Morgan fingerprint density at radius 1 is 1.17 bits per heavy atom. The van der Waals surface area contributed by atoms with Gasteiger partial charge in [-0.15, -0.1) is 0 Å². The van der Waals surface area contributed by atoms with Crippen molar-refractivity contribution >= 4 is 28.8 Å². The first-order chi connectivity index (χ1) is 17.5. The third-order valence-corrected chi connectivity index (χ3v) is 7.00. The molecule has 0 saturated carbocycles. The monoisotopic (exact) mass is 507 g/mol. The molecule has 1 amide bonds. The lowest BCUT2D eigenvalue weighted by Crippen LogP contribution is -2.38. The number of para-hydroxylation sites is 1. The number of hydrogen-bond acceptors (Lipinski definition) is 9. The Hall–Kier alpha value is -3.92. The van der Waals surface area contributed by atoms with Gasteiger partial charge >= 0.3 is 5.97 Å². The summed E-state index contributed by atoms with van der Waals surface area (Å²) < 4.78 is 21.5. The van der Waals surface area contributed by atoms with Gasteiger partial charge in [-0.05, 0) is 36.1 Å². The number of amidine groups is 1. The summed E-state index contributed by atoms with van der Waals surface area (Å²) in [6.45, 7) is 2.33. The van der Waals surface area contributed by atoms with Crippen molar-refractivity contribution in [1.82, 2.24) is 10.2 Å². The van der Waals surface area contributed by atoms with Crippen LogP contribution < -0.4 is 19.5 Å². The van der Waals surface area contributed by atoms with Crippen molar-refractivity contribution in [3.05, 3.63) is 76.0 Å². The first kappa shape index (κ1) is 23.8. The van der Waals surface area contributed by atoms with Crippen molar-refractivity contribution in [2.45, 2.75) is 25.9 Å². The van der Waals surface area contributed by atoms with Crippen molar-refractivity contribution in [2.24, 2.45) is 4.99 Å². The largest absolute Gasteiger partial charge is 0.496 e. The molecular weight excluding hydrogens is 482 g/mol. The fourth-order valence-electron chi connectivity index (χ4n) is 4.41. The fraction of sp³-hybridized carbons (Fsp3) is 0.269. The summed E-state index contributed by atoms with van der Waals surface area (Å²) in [5.41, 5.74) is 3.38. The first-order valence-corrected chi connectivity index (χ1v) is 12.2. The summed E-state index contributed by atoms with van der Waals surface area (Å²) in [6.07, 6.45) is 0.107. The summed E-state index contributed by atoms with van der Waals surface area (Å²) in [5.74, 6) is 1.35. The van der Waals surface area contributed by atoms with Crippen molar-refractivity contribution in [2.75, 3.05) is 21.0 Å². The number of nitrogens with one attached hydrogen (secondary N) is 1. The zero-order chi connectivity index (χ0) is 25.2. The third-order valence-electron chi connectivity index (χ3n) is 6.11. The van der Waals surface area contributed by atoms with Crippen LogP contribution in [0.3, 0.4) is 0 Å². The molecule has 0 unspecified atom stereocenters. The Balaban J connectivity index is 1.38. The number of esters is 1. The fourth-order valence-corrected chi connectivity index (χ4v) is 5.37. The highest BCUT2D eigenvalue weighted by molar-refractivity contribution is 8.16. The Kier molecular flexibility index (Phi) is 6.60. The molecular formula is C26H25N3O6S. The number of rotatable bonds is 7. The number of nitrogens with zero attached hydrogens (tertiary/aromatic N) is 2. The van der Waals surface area contributed by atoms with Crippen molar-refractivity contribution in [3.8, 4) is 17.2 Å². The molecule has 1 atom stereocenters. The third kappa shape index (κ3) is 4.39. The molecule has 36 heavy (non-hydrogen) atoms. The van der Waals surface area contributed by atoms with Crippen LogP contribution in [0, 0.1) is 0 Å². The van der Waals surface area contributed by atoms with E-state index in [1.807, 2.05) is 52.8 Å². The number of amides is 1. The number of carbonyl (C=O) groups excluding carboxylic acids is 2. The molecule has 0 spiro atoms. The number of methoxy groups -OCH3 is 2. The molecule has 0 bridgehead atoms. The lowest BCUT2D eigenvalue weighted by Gasteiger charge is -2.36. The minimum absolute atomic E-state index is 0.107. The molecule has 186 valence electrons. The smallest absolute Gasteiger partial charge is 0.338 e. The summed E-state index contributed by atoms with van der Waals surface area (Å²) in [7, 11) is 2.93. The van der Waals surface area contributed by atoms with Gasteiger partial charge < -0.3 is 29.2 Å². The average Bonchev–Trinajstić information content (AvgIpc) is 3.52. The maximum atomic E-state index is 13.0. The number of aliphatic imine (C=N–C) groups is 1. The van der Waals surface area contributed by atoms with Gasteiger partial charge in [0.2, 0.25) is 12.7 Å². The number of ether oxygens (including phenoxy) is 4. The van der Waals surface area contributed by atoms with Crippen molar-refractivity contribution < 1.29 is 28.5 Å². The molecule has 3 aliphatic heterocycles. The zero-order valence-corrected chi connectivity index (χ0v) is 20.9. The van der Waals surface area contributed by atoms with E-state index in [4.69, 9.17) is 18.9 Å². The number of carbonyl (C=O) groups is 2. The number of thioether (sulfide) groups is 1. The predicted octanol–water partition coefficient (Wildman–Crippen LogP) is 3.88. The minimum Gasteiger partial charge on any atom is -0.496 e. The van der Waals surface area contributed by atoms with E-state index in [-0.39, 0.29) is 19.1 Å². The van der Waals surface area contributed by atoms with Crippen LogP contribution >= 0.6 is 11.8 Å². The highest BCUT2D eigenvalue weighted by Gasteiger charge is 2.42. The maximum absolute atomic E-state index is 13.0. The van der Waals surface area contributed by atoms with Crippen molar-refractivity contribution in [1.29, 1.82) is 0 Å². The van der Waals surface area contributed by atoms with Crippen LogP contribution in [0.5, 0.6) is 17.2 Å². The van der Waals surface area contributed by atoms with Crippen LogP contribution in [0.2, 0.25) is 0 Å². The van der Waals surface area contributed by atoms with Gasteiger partial charge in [-0.3, -0.25) is 4.79 Å². The number of hydrogen-bond donors (Lipinski definition) is 1. The molecule has 0 fully saturated rings. The summed E-state index contributed by atoms with van der Waals surface area (Å²) in [5, 5.41) is 5.55. The van der Waals surface area contributed by atoms with Crippen LogP contribution in [-0.2, 0) is 20.9 Å². The lowest BCUT2D eigenvalue weighted by atomic mass is 9.93. The topological polar surface area (TPSA) is 98.7 Å². The molecule has 0 aromatic heterocycles. The van der Waals surface area contributed by atoms with Gasteiger partial charge in [0.05, 0.1) is 38.0 Å². The second kappa shape index (κ2) is 9.98.